The molecule has 0 aliphatic carbocycles. The molecule has 1 aliphatic rings. The Morgan fingerprint density at radius 1 is 1.04 bits per heavy atom. The van der Waals surface area contributed by atoms with E-state index in [1.54, 1.807) is 12.1 Å². The zero-order valence-corrected chi connectivity index (χ0v) is 15.5. The largest absolute Gasteiger partial charge is 0.336 e. The molecular formula is C21H20N6O. The van der Waals surface area contributed by atoms with Crippen molar-refractivity contribution in [2.45, 2.75) is 25.8 Å². The van der Waals surface area contributed by atoms with E-state index in [-0.39, 0.29) is 5.91 Å². The van der Waals surface area contributed by atoms with Crippen molar-refractivity contribution in [1.82, 2.24) is 24.6 Å². The van der Waals surface area contributed by atoms with Gasteiger partial charge in [-0.05, 0) is 24.1 Å². The van der Waals surface area contributed by atoms with E-state index >= 15 is 0 Å². The number of fused-ring (bicyclic) bond motifs is 1. The first-order valence-electron chi connectivity index (χ1n) is 9.35. The van der Waals surface area contributed by atoms with Crippen LogP contribution in [0, 0.1) is 11.3 Å². The number of nitrogens with zero attached hydrogens (tertiary/aromatic N) is 6. The molecule has 1 amide bonds. The normalized spacial score (nSPS) is 13.5. The molecule has 28 heavy (non-hydrogen) atoms. The van der Waals surface area contributed by atoms with Crippen LogP contribution in [0.25, 0.3) is 0 Å². The van der Waals surface area contributed by atoms with Crippen LogP contribution in [0.15, 0.2) is 48.7 Å². The third kappa shape index (κ3) is 3.76. The van der Waals surface area contributed by atoms with Gasteiger partial charge in [0.2, 0.25) is 0 Å². The fraction of sp³-hybridized carbons (Fsp3) is 0.286. The monoisotopic (exact) mass is 372 g/mol. The van der Waals surface area contributed by atoms with Gasteiger partial charge in [0.05, 0.1) is 5.56 Å². The summed E-state index contributed by atoms with van der Waals surface area (Å²) in [7, 11) is 0. The first-order valence-corrected chi connectivity index (χ1v) is 9.35. The van der Waals surface area contributed by atoms with Gasteiger partial charge in [-0.1, -0.05) is 30.3 Å². The van der Waals surface area contributed by atoms with Gasteiger partial charge in [-0.15, -0.1) is 10.2 Å². The van der Waals surface area contributed by atoms with Gasteiger partial charge in [-0.2, -0.15) is 5.26 Å². The molecule has 0 atom stereocenters. The molecule has 0 N–H and O–H groups in total. The van der Waals surface area contributed by atoms with Crippen LogP contribution in [0.5, 0.6) is 0 Å². The predicted molar refractivity (Wildman–Crippen MR) is 102 cm³/mol. The van der Waals surface area contributed by atoms with Crippen molar-refractivity contribution in [2.75, 3.05) is 13.1 Å². The Bertz CT molecular complexity index is 1000. The zero-order valence-electron chi connectivity index (χ0n) is 15.5. The smallest absolute Gasteiger partial charge is 0.255 e. The summed E-state index contributed by atoms with van der Waals surface area (Å²) in [6.07, 6.45) is 3.88. The standard InChI is InChI=1S/C21H20N6O/c22-14-18-8-7-17(15-23-18)21(28)26-11-10-20-25-24-19(27(20)13-12-26)9-6-16-4-2-1-3-5-16/h1-5,7-8,15H,6,9-13H2. The maximum Gasteiger partial charge on any atom is 0.255 e. The highest BCUT2D eigenvalue weighted by molar-refractivity contribution is 5.94. The molecule has 0 spiro atoms. The van der Waals surface area contributed by atoms with E-state index in [1.165, 1.54) is 11.8 Å². The SMILES string of the molecule is N#Cc1ccc(C(=O)N2CCc3nnc(CCc4ccccc4)n3CC2)cn1. The minimum absolute atomic E-state index is 0.0680. The summed E-state index contributed by atoms with van der Waals surface area (Å²) in [6, 6.07) is 15.5. The van der Waals surface area contributed by atoms with Gasteiger partial charge < -0.3 is 9.47 Å². The van der Waals surface area contributed by atoms with Crippen molar-refractivity contribution in [3.05, 3.63) is 77.1 Å². The molecule has 2 aromatic heterocycles. The van der Waals surface area contributed by atoms with E-state index in [9.17, 15) is 4.79 Å². The maximum atomic E-state index is 12.8. The van der Waals surface area contributed by atoms with Gasteiger partial charge in [0.1, 0.15) is 23.4 Å². The van der Waals surface area contributed by atoms with Crippen molar-refractivity contribution in [1.29, 1.82) is 5.26 Å². The van der Waals surface area contributed by atoms with E-state index in [0.29, 0.717) is 37.3 Å². The van der Waals surface area contributed by atoms with Gasteiger partial charge in [-0.3, -0.25) is 4.79 Å². The van der Waals surface area contributed by atoms with Crippen molar-refractivity contribution in [3.63, 3.8) is 0 Å². The molecule has 7 heteroatoms. The number of pyridine rings is 1. The second-order valence-corrected chi connectivity index (χ2v) is 6.76. The molecule has 1 aliphatic heterocycles. The molecule has 3 heterocycles. The average Bonchev–Trinajstić information content (AvgIpc) is 3.01. The number of carbonyl (C=O) groups is 1. The maximum absolute atomic E-state index is 12.8. The lowest BCUT2D eigenvalue weighted by Gasteiger charge is -2.20. The fourth-order valence-corrected chi connectivity index (χ4v) is 3.44. The Labute approximate surface area is 163 Å². The second kappa shape index (κ2) is 8.01. The van der Waals surface area contributed by atoms with Crippen LogP contribution in [0.3, 0.4) is 0 Å². The van der Waals surface area contributed by atoms with Crippen molar-refractivity contribution in [3.8, 4) is 6.07 Å². The van der Waals surface area contributed by atoms with Crippen molar-refractivity contribution < 1.29 is 4.79 Å². The molecule has 0 fully saturated rings. The van der Waals surface area contributed by atoms with Gasteiger partial charge in [0.15, 0.2) is 0 Å². The number of aryl methyl sites for hydroxylation is 2. The number of carbonyl (C=O) groups excluding carboxylic acids is 1. The Morgan fingerprint density at radius 2 is 1.89 bits per heavy atom. The van der Waals surface area contributed by atoms with E-state index in [1.807, 2.05) is 29.2 Å². The Hall–Kier alpha value is -3.53. The van der Waals surface area contributed by atoms with Gasteiger partial charge >= 0.3 is 0 Å². The fourth-order valence-electron chi connectivity index (χ4n) is 3.44. The molecular weight excluding hydrogens is 352 g/mol. The summed E-state index contributed by atoms with van der Waals surface area (Å²) >= 11 is 0. The lowest BCUT2D eigenvalue weighted by molar-refractivity contribution is 0.0758. The van der Waals surface area contributed by atoms with E-state index in [2.05, 4.69) is 31.9 Å². The molecule has 7 nitrogen and oxygen atoms in total. The number of aromatic nitrogens is 4. The van der Waals surface area contributed by atoms with E-state index in [4.69, 9.17) is 5.26 Å². The number of amides is 1. The highest BCUT2D eigenvalue weighted by atomic mass is 16.2. The Morgan fingerprint density at radius 3 is 2.64 bits per heavy atom. The Balaban J connectivity index is 1.43. The highest BCUT2D eigenvalue weighted by Gasteiger charge is 2.22. The van der Waals surface area contributed by atoms with Crippen molar-refractivity contribution in [2.24, 2.45) is 0 Å². The van der Waals surface area contributed by atoms with Crippen LogP contribution >= 0.6 is 0 Å². The van der Waals surface area contributed by atoms with Crippen molar-refractivity contribution >= 4 is 5.91 Å². The summed E-state index contributed by atoms with van der Waals surface area (Å²) < 4.78 is 2.15. The van der Waals surface area contributed by atoms with E-state index < -0.39 is 0 Å². The number of rotatable bonds is 4. The van der Waals surface area contributed by atoms with Gasteiger partial charge in [-0.25, -0.2) is 4.98 Å². The third-order valence-corrected chi connectivity index (χ3v) is 5.00. The van der Waals surface area contributed by atoms with Gasteiger partial charge in [0, 0.05) is 38.7 Å². The minimum Gasteiger partial charge on any atom is -0.336 e. The van der Waals surface area contributed by atoms with Crippen LogP contribution in [-0.2, 0) is 25.8 Å². The average molecular weight is 372 g/mol. The molecule has 0 saturated carbocycles. The lowest BCUT2D eigenvalue weighted by Crippen LogP contribution is -2.33. The number of nitriles is 1. The van der Waals surface area contributed by atoms with Crippen LogP contribution in [0.1, 0.15) is 33.3 Å². The summed E-state index contributed by atoms with van der Waals surface area (Å²) in [5.74, 6) is 1.83. The minimum atomic E-state index is -0.0680. The number of benzene rings is 1. The van der Waals surface area contributed by atoms with Crippen LogP contribution < -0.4 is 0 Å². The molecule has 4 rings (SSSR count). The molecule has 1 aromatic carbocycles. The predicted octanol–water partition coefficient (Wildman–Crippen LogP) is 2.03. The molecule has 0 unspecified atom stereocenters. The van der Waals surface area contributed by atoms with E-state index in [0.717, 1.165) is 24.5 Å². The van der Waals surface area contributed by atoms with Crippen LogP contribution in [0.2, 0.25) is 0 Å². The molecule has 140 valence electrons. The second-order valence-electron chi connectivity index (χ2n) is 6.76. The third-order valence-electron chi connectivity index (χ3n) is 5.00. The quantitative estimate of drug-likeness (QED) is 0.699. The van der Waals surface area contributed by atoms with Gasteiger partial charge in [0.25, 0.3) is 5.91 Å². The highest BCUT2D eigenvalue weighted by Crippen LogP contribution is 2.14. The zero-order chi connectivity index (χ0) is 19.3. The molecule has 0 saturated heterocycles. The molecule has 0 radical (unpaired) electrons. The molecule has 3 aromatic rings. The summed E-state index contributed by atoms with van der Waals surface area (Å²) in [5.41, 5.74) is 2.08. The summed E-state index contributed by atoms with van der Waals surface area (Å²) in [4.78, 5) is 18.6. The Kier molecular flexibility index (Phi) is 5.11. The lowest BCUT2D eigenvalue weighted by atomic mass is 10.1. The number of hydrogen-bond donors (Lipinski definition) is 0. The topological polar surface area (TPSA) is 87.7 Å². The summed E-state index contributed by atoms with van der Waals surface area (Å²) in [5, 5.41) is 17.6. The van der Waals surface area contributed by atoms with Crippen LogP contribution in [-0.4, -0.2) is 43.6 Å². The first kappa shape index (κ1) is 17.9. The summed E-state index contributed by atoms with van der Waals surface area (Å²) in [6.45, 7) is 1.87. The number of hydrogen-bond acceptors (Lipinski definition) is 5. The van der Waals surface area contributed by atoms with Crippen LogP contribution in [0.4, 0.5) is 0 Å². The molecule has 0 bridgehead atoms. The first-order chi connectivity index (χ1) is 13.7.